The van der Waals surface area contributed by atoms with Crippen molar-refractivity contribution < 1.29 is 18.7 Å². The number of methoxy groups -OCH3 is 1. The van der Waals surface area contributed by atoms with Gasteiger partial charge in [0.1, 0.15) is 11.6 Å². The van der Waals surface area contributed by atoms with Gasteiger partial charge in [-0.05, 0) is 50.2 Å². The smallest absolute Gasteiger partial charge is 0.262 e. The van der Waals surface area contributed by atoms with E-state index in [1.54, 1.807) is 30.3 Å². The number of para-hydroxylation sites is 2. The molecule has 0 radical (unpaired) electrons. The number of halogens is 1. The van der Waals surface area contributed by atoms with Gasteiger partial charge in [-0.25, -0.2) is 9.37 Å². The van der Waals surface area contributed by atoms with E-state index < -0.39 is 0 Å². The van der Waals surface area contributed by atoms with Crippen LogP contribution in [0.4, 0.5) is 10.1 Å². The number of hydrogen-bond donors (Lipinski definition) is 1. The number of rotatable bonds is 6. The van der Waals surface area contributed by atoms with Crippen molar-refractivity contribution in [3.8, 4) is 23.0 Å². The van der Waals surface area contributed by atoms with Gasteiger partial charge in [-0.1, -0.05) is 12.1 Å². The molecule has 0 bridgehead atoms. The minimum absolute atomic E-state index is 0.224. The Hall–Kier alpha value is -3.48. The third-order valence-corrected chi connectivity index (χ3v) is 4.17. The van der Waals surface area contributed by atoms with E-state index in [9.17, 15) is 9.18 Å². The van der Waals surface area contributed by atoms with Crippen molar-refractivity contribution in [1.29, 1.82) is 0 Å². The van der Waals surface area contributed by atoms with Gasteiger partial charge >= 0.3 is 0 Å². The van der Waals surface area contributed by atoms with Crippen LogP contribution in [0.15, 0.2) is 48.5 Å². The largest absolute Gasteiger partial charge is 0.495 e. The topological polar surface area (TPSA) is 73.3 Å². The number of carbonyl (C=O) groups excluding carboxylic acids is 1. The molecule has 0 fully saturated rings. The number of nitrogens with zero attached hydrogens (tertiary/aromatic N) is 2. The van der Waals surface area contributed by atoms with Crippen molar-refractivity contribution >= 4 is 11.6 Å². The van der Waals surface area contributed by atoms with E-state index in [1.165, 1.54) is 19.2 Å². The molecule has 7 heteroatoms. The van der Waals surface area contributed by atoms with E-state index in [0.717, 1.165) is 11.3 Å². The lowest BCUT2D eigenvalue weighted by atomic mass is 10.2. The summed E-state index contributed by atoms with van der Waals surface area (Å²) in [4.78, 5) is 21.1. The van der Waals surface area contributed by atoms with Crippen LogP contribution in [0.25, 0.3) is 11.4 Å². The Morgan fingerprint density at radius 1 is 1.07 bits per heavy atom. The number of aryl methyl sites for hydroxylation is 1. The van der Waals surface area contributed by atoms with Crippen LogP contribution < -0.4 is 14.8 Å². The minimum atomic E-state index is -0.344. The van der Waals surface area contributed by atoms with Gasteiger partial charge in [0.25, 0.3) is 5.91 Å². The second kappa shape index (κ2) is 8.47. The van der Waals surface area contributed by atoms with Crippen molar-refractivity contribution in [3.63, 3.8) is 0 Å². The van der Waals surface area contributed by atoms with Gasteiger partial charge in [0.05, 0.1) is 12.8 Å². The van der Waals surface area contributed by atoms with Crippen molar-refractivity contribution in [2.75, 3.05) is 19.0 Å². The second-order valence-corrected chi connectivity index (χ2v) is 6.11. The summed E-state index contributed by atoms with van der Waals surface area (Å²) in [6, 6.07) is 13.0. The second-order valence-electron chi connectivity index (χ2n) is 6.11. The van der Waals surface area contributed by atoms with Gasteiger partial charge in [0.2, 0.25) is 5.88 Å². The van der Waals surface area contributed by atoms with Gasteiger partial charge < -0.3 is 14.8 Å². The van der Waals surface area contributed by atoms with E-state index in [-0.39, 0.29) is 18.3 Å². The van der Waals surface area contributed by atoms with Gasteiger partial charge in [0.15, 0.2) is 12.4 Å². The van der Waals surface area contributed by atoms with E-state index in [1.807, 2.05) is 19.9 Å². The number of anilines is 1. The molecule has 0 aliphatic rings. The average molecular weight is 381 g/mol. The summed E-state index contributed by atoms with van der Waals surface area (Å²) in [5.74, 6) is 0.592. The summed E-state index contributed by atoms with van der Waals surface area (Å²) < 4.78 is 24.0. The molecular formula is C21H20FN3O3. The third kappa shape index (κ3) is 4.43. The quantitative estimate of drug-likeness (QED) is 0.700. The Bertz CT molecular complexity index is 991. The zero-order valence-electron chi connectivity index (χ0n) is 15.8. The van der Waals surface area contributed by atoms with Crippen molar-refractivity contribution in [2.45, 2.75) is 13.8 Å². The fourth-order valence-corrected chi connectivity index (χ4v) is 2.54. The number of amides is 1. The van der Waals surface area contributed by atoms with Crippen LogP contribution in [-0.4, -0.2) is 29.6 Å². The fraction of sp³-hybridized carbons (Fsp3) is 0.190. The lowest BCUT2D eigenvalue weighted by Gasteiger charge is -2.13. The summed E-state index contributed by atoms with van der Waals surface area (Å²) in [6.45, 7) is 3.42. The first-order chi connectivity index (χ1) is 13.5. The number of hydrogen-bond acceptors (Lipinski definition) is 5. The Morgan fingerprint density at radius 2 is 1.79 bits per heavy atom. The molecule has 6 nitrogen and oxygen atoms in total. The maximum Gasteiger partial charge on any atom is 0.262 e. The minimum Gasteiger partial charge on any atom is -0.495 e. The van der Waals surface area contributed by atoms with Crippen molar-refractivity contribution in [3.05, 3.63) is 65.6 Å². The summed E-state index contributed by atoms with van der Waals surface area (Å²) in [7, 11) is 1.53. The maximum absolute atomic E-state index is 13.1. The lowest BCUT2D eigenvalue weighted by Crippen LogP contribution is -2.21. The molecule has 0 saturated heterocycles. The van der Waals surface area contributed by atoms with Crippen LogP contribution in [-0.2, 0) is 4.79 Å². The summed E-state index contributed by atoms with van der Waals surface area (Å²) in [6.07, 6.45) is 0. The molecule has 3 rings (SSSR count). The monoisotopic (exact) mass is 381 g/mol. The van der Waals surface area contributed by atoms with Crippen LogP contribution >= 0.6 is 0 Å². The molecule has 1 amide bonds. The fourth-order valence-electron chi connectivity index (χ4n) is 2.54. The highest BCUT2D eigenvalue weighted by Gasteiger charge is 2.13. The van der Waals surface area contributed by atoms with Crippen molar-refractivity contribution in [2.24, 2.45) is 0 Å². The van der Waals surface area contributed by atoms with Gasteiger partial charge in [-0.2, -0.15) is 4.98 Å². The average Bonchev–Trinajstić information content (AvgIpc) is 2.70. The predicted molar refractivity (Wildman–Crippen MR) is 104 cm³/mol. The molecule has 144 valence electrons. The molecule has 0 spiro atoms. The first-order valence-corrected chi connectivity index (χ1v) is 8.64. The molecule has 1 N–H and O–H groups in total. The zero-order chi connectivity index (χ0) is 20.1. The molecule has 0 atom stereocenters. The molecule has 2 aromatic carbocycles. The standard InChI is InChI=1S/C21H20FN3O3/c1-13-14(2)23-20(15-8-10-16(22)11-9-15)25-21(13)28-12-19(26)24-17-6-4-5-7-18(17)27-3/h4-11H,12H2,1-3H3,(H,24,26). The normalized spacial score (nSPS) is 10.4. The number of benzene rings is 2. The first-order valence-electron chi connectivity index (χ1n) is 8.64. The number of ether oxygens (including phenoxy) is 2. The Balaban J connectivity index is 1.74. The first kappa shape index (κ1) is 19.3. The molecule has 0 unspecified atom stereocenters. The summed E-state index contributed by atoms with van der Waals surface area (Å²) in [5, 5.41) is 2.74. The lowest BCUT2D eigenvalue weighted by molar-refractivity contribution is -0.118. The van der Waals surface area contributed by atoms with Gasteiger partial charge in [0, 0.05) is 16.8 Å². The molecular weight excluding hydrogens is 361 g/mol. The SMILES string of the molecule is COc1ccccc1NC(=O)COc1nc(-c2ccc(F)cc2)nc(C)c1C. The summed E-state index contributed by atoms with van der Waals surface area (Å²) in [5.41, 5.74) is 2.67. The van der Waals surface area contributed by atoms with E-state index >= 15 is 0 Å². The number of aromatic nitrogens is 2. The maximum atomic E-state index is 13.1. The molecule has 0 aliphatic carbocycles. The van der Waals surface area contributed by atoms with Crippen LogP contribution in [0.3, 0.4) is 0 Å². The molecule has 1 aromatic heterocycles. The van der Waals surface area contributed by atoms with E-state index in [2.05, 4.69) is 15.3 Å². The van der Waals surface area contributed by atoms with E-state index in [0.29, 0.717) is 28.7 Å². The van der Waals surface area contributed by atoms with Crippen molar-refractivity contribution in [1.82, 2.24) is 9.97 Å². The highest BCUT2D eigenvalue weighted by atomic mass is 19.1. The Labute approximate surface area is 162 Å². The van der Waals surface area contributed by atoms with Gasteiger partial charge in [-0.15, -0.1) is 0 Å². The van der Waals surface area contributed by atoms with Crippen LogP contribution in [0.5, 0.6) is 11.6 Å². The Kier molecular flexibility index (Phi) is 5.84. The van der Waals surface area contributed by atoms with Crippen LogP contribution in [0.1, 0.15) is 11.3 Å². The predicted octanol–water partition coefficient (Wildman–Crippen LogP) is 3.93. The molecule has 0 saturated carbocycles. The van der Waals surface area contributed by atoms with Crippen LogP contribution in [0.2, 0.25) is 0 Å². The molecule has 3 aromatic rings. The highest BCUT2D eigenvalue weighted by molar-refractivity contribution is 5.93. The molecule has 1 heterocycles. The Morgan fingerprint density at radius 3 is 2.50 bits per heavy atom. The van der Waals surface area contributed by atoms with E-state index in [4.69, 9.17) is 9.47 Å². The van der Waals surface area contributed by atoms with Crippen LogP contribution in [0, 0.1) is 19.7 Å². The highest BCUT2D eigenvalue weighted by Crippen LogP contribution is 2.25. The van der Waals surface area contributed by atoms with Gasteiger partial charge in [-0.3, -0.25) is 4.79 Å². The zero-order valence-corrected chi connectivity index (χ0v) is 15.8. The third-order valence-electron chi connectivity index (χ3n) is 4.17. The summed E-state index contributed by atoms with van der Waals surface area (Å²) >= 11 is 0. The number of carbonyl (C=O) groups is 1. The molecule has 0 aliphatic heterocycles. The molecule has 28 heavy (non-hydrogen) atoms. The number of nitrogens with one attached hydrogen (secondary N) is 1.